The number of anilines is 1. The normalized spacial score (nSPS) is 14.0. The van der Waals surface area contributed by atoms with Crippen LogP contribution < -0.4 is 5.32 Å². The van der Waals surface area contributed by atoms with Gasteiger partial charge < -0.3 is 10.4 Å². The molecule has 0 radical (unpaired) electrons. The Labute approximate surface area is 141 Å². The molecule has 23 heavy (non-hydrogen) atoms. The average molecular weight is 332 g/mol. The van der Waals surface area contributed by atoms with E-state index in [1.807, 2.05) is 51.1 Å². The zero-order valence-electron chi connectivity index (χ0n) is 13.8. The number of aliphatic hydroxyl groups is 1. The van der Waals surface area contributed by atoms with Crippen molar-refractivity contribution in [3.05, 3.63) is 36.5 Å². The minimum Gasteiger partial charge on any atom is -0.396 e. The number of fused-ring (bicyclic) bond motifs is 1. The monoisotopic (exact) mass is 332 g/mol. The lowest BCUT2D eigenvalue weighted by atomic mass is 10.1. The molecule has 1 amide bonds. The molecule has 0 aliphatic rings. The molecule has 2 unspecified atom stereocenters. The quantitative estimate of drug-likeness (QED) is 0.814. The molecule has 2 aromatic rings. The standard InChI is InChI=1S/C18H24N2O2S/c1-12(2)17(23-11-13(3)10-21)18(22)20-16-8-4-7-15-14(16)6-5-9-19-15/h4-9,12-13,17,21H,10-11H2,1-3H3,(H,20,22). The molecule has 0 aliphatic heterocycles. The number of pyridine rings is 1. The van der Waals surface area contributed by atoms with Crippen molar-refractivity contribution in [3.8, 4) is 0 Å². The van der Waals surface area contributed by atoms with E-state index in [0.29, 0.717) is 0 Å². The third-order valence-electron chi connectivity index (χ3n) is 3.64. The molecule has 1 aromatic heterocycles. The van der Waals surface area contributed by atoms with Gasteiger partial charge in [0.1, 0.15) is 0 Å². The number of hydrogen-bond donors (Lipinski definition) is 2. The Morgan fingerprint density at radius 2 is 2.04 bits per heavy atom. The van der Waals surface area contributed by atoms with Crippen molar-refractivity contribution < 1.29 is 9.90 Å². The van der Waals surface area contributed by atoms with Gasteiger partial charge in [-0.25, -0.2) is 0 Å². The Bertz CT molecular complexity index is 655. The van der Waals surface area contributed by atoms with Crippen LogP contribution in [0.2, 0.25) is 0 Å². The van der Waals surface area contributed by atoms with E-state index in [4.69, 9.17) is 5.11 Å². The molecular formula is C18H24N2O2S. The first-order chi connectivity index (χ1) is 11.0. The summed E-state index contributed by atoms with van der Waals surface area (Å²) in [5, 5.41) is 13.0. The predicted molar refractivity (Wildman–Crippen MR) is 97.7 cm³/mol. The summed E-state index contributed by atoms with van der Waals surface area (Å²) in [6, 6.07) is 9.57. The molecule has 5 heteroatoms. The van der Waals surface area contributed by atoms with E-state index in [0.717, 1.165) is 22.3 Å². The second kappa shape index (κ2) is 8.31. The molecule has 2 rings (SSSR count). The summed E-state index contributed by atoms with van der Waals surface area (Å²) in [6.07, 6.45) is 1.75. The summed E-state index contributed by atoms with van der Waals surface area (Å²) in [5.74, 6) is 1.19. The van der Waals surface area contributed by atoms with E-state index < -0.39 is 0 Å². The first-order valence-electron chi connectivity index (χ1n) is 7.90. The molecule has 1 aromatic carbocycles. The van der Waals surface area contributed by atoms with Gasteiger partial charge in [0.05, 0.1) is 16.5 Å². The smallest absolute Gasteiger partial charge is 0.237 e. The summed E-state index contributed by atoms with van der Waals surface area (Å²) in [7, 11) is 0. The van der Waals surface area contributed by atoms with Gasteiger partial charge in [-0.15, -0.1) is 11.8 Å². The minimum absolute atomic E-state index is 0.00601. The molecule has 0 spiro atoms. The fourth-order valence-corrected chi connectivity index (χ4v) is 3.54. The lowest BCUT2D eigenvalue weighted by Gasteiger charge is -2.21. The maximum atomic E-state index is 12.7. The summed E-state index contributed by atoms with van der Waals surface area (Å²) in [4.78, 5) is 17.0. The highest BCUT2D eigenvalue weighted by molar-refractivity contribution is 8.00. The average Bonchev–Trinajstić information content (AvgIpc) is 2.54. The van der Waals surface area contributed by atoms with Crippen LogP contribution in [-0.4, -0.2) is 33.6 Å². The molecular weight excluding hydrogens is 308 g/mol. The molecule has 0 fully saturated rings. The number of amides is 1. The van der Waals surface area contributed by atoms with Crippen molar-refractivity contribution in [1.82, 2.24) is 4.98 Å². The first kappa shape index (κ1) is 17.8. The van der Waals surface area contributed by atoms with E-state index >= 15 is 0 Å². The van der Waals surface area contributed by atoms with E-state index in [2.05, 4.69) is 10.3 Å². The third kappa shape index (κ3) is 4.69. The van der Waals surface area contributed by atoms with Crippen LogP contribution in [0.4, 0.5) is 5.69 Å². The van der Waals surface area contributed by atoms with Gasteiger partial charge in [0.25, 0.3) is 0 Å². The summed E-state index contributed by atoms with van der Waals surface area (Å²) in [6.45, 7) is 6.23. The number of carbonyl (C=O) groups excluding carboxylic acids is 1. The van der Waals surface area contributed by atoms with Crippen molar-refractivity contribution in [3.63, 3.8) is 0 Å². The maximum absolute atomic E-state index is 12.7. The molecule has 0 bridgehead atoms. The van der Waals surface area contributed by atoms with Gasteiger partial charge in [-0.05, 0) is 41.9 Å². The summed E-state index contributed by atoms with van der Waals surface area (Å²) < 4.78 is 0. The molecule has 4 nitrogen and oxygen atoms in total. The highest BCUT2D eigenvalue weighted by atomic mass is 32.2. The first-order valence-corrected chi connectivity index (χ1v) is 8.95. The highest BCUT2D eigenvalue weighted by Crippen LogP contribution is 2.26. The third-order valence-corrected chi connectivity index (χ3v) is 5.52. The topological polar surface area (TPSA) is 62.2 Å². The number of aromatic nitrogens is 1. The van der Waals surface area contributed by atoms with Gasteiger partial charge in [0, 0.05) is 18.2 Å². The van der Waals surface area contributed by atoms with Gasteiger partial charge in [0.15, 0.2) is 0 Å². The Balaban J connectivity index is 2.14. The fraction of sp³-hybridized carbons (Fsp3) is 0.444. The summed E-state index contributed by atoms with van der Waals surface area (Å²) in [5.41, 5.74) is 1.66. The number of nitrogens with one attached hydrogen (secondary N) is 1. The van der Waals surface area contributed by atoms with Gasteiger partial charge in [0.2, 0.25) is 5.91 Å². The largest absolute Gasteiger partial charge is 0.396 e. The fourth-order valence-electron chi connectivity index (χ4n) is 2.31. The second-order valence-corrected chi connectivity index (χ2v) is 7.33. The van der Waals surface area contributed by atoms with E-state index in [1.54, 1.807) is 18.0 Å². The van der Waals surface area contributed by atoms with Crippen molar-refractivity contribution >= 4 is 34.3 Å². The zero-order valence-corrected chi connectivity index (χ0v) is 14.6. The molecule has 124 valence electrons. The van der Waals surface area contributed by atoms with Crippen LogP contribution in [0, 0.1) is 11.8 Å². The lowest BCUT2D eigenvalue weighted by molar-refractivity contribution is -0.116. The Hall–Kier alpha value is -1.59. The van der Waals surface area contributed by atoms with Gasteiger partial charge in [-0.3, -0.25) is 9.78 Å². The lowest BCUT2D eigenvalue weighted by Crippen LogP contribution is -2.30. The van der Waals surface area contributed by atoms with Crippen molar-refractivity contribution in [2.75, 3.05) is 17.7 Å². The number of benzene rings is 1. The van der Waals surface area contributed by atoms with Crippen LogP contribution in [0.15, 0.2) is 36.5 Å². The zero-order chi connectivity index (χ0) is 16.8. The number of carbonyl (C=O) groups is 1. The van der Waals surface area contributed by atoms with Crippen LogP contribution in [0.25, 0.3) is 10.9 Å². The van der Waals surface area contributed by atoms with Crippen molar-refractivity contribution in [2.24, 2.45) is 11.8 Å². The highest BCUT2D eigenvalue weighted by Gasteiger charge is 2.24. The van der Waals surface area contributed by atoms with E-state index in [1.165, 1.54) is 0 Å². The van der Waals surface area contributed by atoms with E-state index in [-0.39, 0.29) is 29.6 Å². The number of aliphatic hydroxyl groups excluding tert-OH is 1. The van der Waals surface area contributed by atoms with Gasteiger partial charge in [-0.1, -0.05) is 26.8 Å². The number of hydrogen-bond acceptors (Lipinski definition) is 4. The molecule has 2 N–H and O–H groups in total. The number of thioether (sulfide) groups is 1. The molecule has 2 atom stereocenters. The Kier molecular flexibility index (Phi) is 6.42. The Morgan fingerprint density at radius 3 is 2.74 bits per heavy atom. The summed E-state index contributed by atoms with van der Waals surface area (Å²) >= 11 is 1.61. The maximum Gasteiger partial charge on any atom is 0.237 e. The van der Waals surface area contributed by atoms with Crippen molar-refractivity contribution in [2.45, 2.75) is 26.0 Å². The molecule has 0 saturated heterocycles. The molecule has 0 saturated carbocycles. The SMILES string of the molecule is CC(CO)CSC(C(=O)Nc1cccc2ncccc12)C(C)C. The number of nitrogens with zero attached hydrogens (tertiary/aromatic N) is 1. The van der Waals surface area contributed by atoms with E-state index in [9.17, 15) is 4.79 Å². The van der Waals surface area contributed by atoms with Crippen LogP contribution in [-0.2, 0) is 4.79 Å². The minimum atomic E-state index is -0.143. The van der Waals surface area contributed by atoms with Gasteiger partial charge >= 0.3 is 0 Å². The van der Waals surface area contributed by atoms with Crippen LogP contribution in [0.3, 0.4) is 0 Å². The Morgan fingerprint density at radius 1 is 1.26 bits per heavy atom. The van der Waals surface area contributed by atoms with Crippen LogP contribution >= 0.6 is 11.8 Å². The van der Waals surface area contributed by atoms with Crippen LogP contribution in [0.1, 0.15) is 20.8 Å². The van der Waals surface area contributed by atoms with Crippen LogP contribution in [0.5, 0.6) is 0 Å². The van der Waals surface area contributed by atoms with Gasteiger partial charge in [-0.2, -0.15) is 0 Å². The van der Waals surface area contributed by atoms with Crippen molar-refractivity contribution in [1.29, 1.82) is 0 Å². The predicted octanol–water partition coefficient (Wildman–Crippen LogP) is 3.56. The second-order valence-electron chi connectivity index (χ2n) is 6.15. The number of rotatable bonds is 7. The molecule has 0 aliphatic carbocycles. The molecule has 1 heterocycles.